The number of carbonyl (C=O) groups is 1. The first-order chi connectivity index (χ1) is 4.20. The van der Waals surface area contributed by atoms with E-state index in [0.717, 1.165) is 5.76 Å². The van der Waals surface area contributed by atoms with Gasteiger partial charge in [-0.2, -0.15) is 0 Å². The molecule has 0 fully saturated rings. The van der Waals surface area contributed by atoms with Crippen molar-refractivity contribution in [2.24, 2.45) is 5.92 Å². The summed E-state index contributed by atoms with van der Waals surface area (Å²) >= 11 is 0. The minimum absolute atomic E-state index is 0.0821. The molecule has 0 unspecified atom stereocenters. The minimum atomic E-state index is 0.0821. The van der Waals surface area contributed by atoms with Crippen molar-refractivity contribution in [2.45, 2.75) is 13.8 Å². The first-order valence-corrected chi connectivity index (χ1v) is 3.07. The van der Waals surface area contributed by atoms with Gasteiger partial charge in [0.05, 0.1) is 0 Å². The minimum Gasteiger partial charge on any atom is -0.489 e. The van der Waals surface area contributed by atoms with Crippen molar-refractivity contribution in [1.82, 2.24) is 0 Å². The van der Waals surface area contributed by atoms with Gasteiger partial charge in [0.15, 0.2) is 12.4 Å². The van der Waals surface area contributed by atoms with Crippen LogP contribution in [0, 0.1) is 5.92 Å². The van der Waals surface area contributed by atoms with Crippen LogP contribution in [-0.4, -0.2) is 12.4 Å². The van der Waals surface area contributed by atoms with E-state index in [1.54, 1.807) is 6.08 Å². The molecular weight excluding hydrogens is 116 g/mol. The number of ether oxygens (including phenoxy) is 1. The Balaban J connectivity index is 2.62. The fourth-order valence-corrected chi connectivity index (χ4v) is 0.730. The first kappa shape index (κ1) is 6.33. The summed E-state index contributed by atoms with van der Waals surface area (Å²) in [6.45, 7) is 4.25. The Morgan fingerprint density at radius 2 is 2.33 bits per heavy atom. The molecule has 2 heteroatoms. The van der Waals surface area contributed by atoms with Gasteiger partial charge in [-0.15, -0.1) is 0 Å². The molecule has 0 radical (unpaired) electrons. The van der Waals surface area contributed by atoms with Gasteiger partial charge in [-0.25, -0.2) is 0 Å². The molecule has 0 atom stereocenters. The quantitative estimate of drug-likeness (QED) is 0.526. The Kier molecular flexibility index (Phi) is 1.56. The molecule has 50 valence electrons. The second-order valence-corrected chi connectivity index (χ2v) is 2.46. The number of carbonyl (C=O) groups excluding carboxylic acids is 1. The molecular formula is C7H10O2. The predicted molar refractivity (Wildman–Crippen MR) is 33.9 cm³/mol. The van der Waals surface area contributed by atoms with Crippen LogP contribution in [0.2, 0.25) is 0 Å². The van der Waals surface area contributed by atoms with Crippen LogP contribution in [-0.2, 0) is 9.53 Å². The molecule has 0 N–H and O–H groups in total. The maximum absolute atomic E-state index is 10.6. The van der Waals surface area contributed by atoms with Crippen LogP contribution >= 0.6 is 0 Å². The number of ketones is 1. The van der Waals surface area contributed by atoms with Crippen LogP contribution in [0.5, 0.6) is 0 Å². The number of rotatable bonds is 1. The van der Waals surface area contributed by atoms with Crippen molar-refractivity contribution in [1.29, 1.82) is 0 Å². The normalized spacial score (nSPS) is 18.1. The van der Waals surface area contributed by atoms with Gasteiger partial charge in [-0.3, -0.25) is 4.79 Å². The fraction of sp³-hybridized carbons (Fsp3) is 0.571. The van der Waals surface area contributed by atoms with Crippen molar-refractivity contribution in [3.8, 4) is 0 Å². The van der Waals surface area contributed by atoms with Crippen LogP contribution < -0.4 is 0 Å². The van der Waals surface area contributed by atoms with Crippen molar-refractivity contribution in [3.05, 3.63) is 11.8 Å². The summed E-state index contributed by atoms with van der Waals surface area (Å²) in [5.74, 6) is 1.25. The molecule has 0 aliphatic carbocycles. The Morgan fingerprint density at radius 3 is 2.56 bits per heavy atom. The SMILES string of the molecule is CC(C)C1=CC(=O)CO1. The monoisotopic (exact) mass is 126 g/mol. The maximum atomic E-state index is 10.6. The van der Waals surface area contributed by atoms with Crippen LogP contribution in [0.1, 0.15) is 13.8 Å². The molecule has 2 nitrogen and oxygen atoms in total. The Bertz CT molecular complexity index is 156. The van der Waals surface area contributed by atoms with E-state index in [4.69, 9.17) is 4.74 Å². The van der Waals surface area contributed by atoms with Crippen molar-refractivity contribution < 1.29 is 9.53 Å². The first-order valence-electron chi connectivity index (χ1n) is 3.07. The summed E-state index contributed by atoms with van der Waals surface area (Å²) in [6.07, 6.45) is 1.57. The molecule has 1 aliphatic rings. The second-order valence-electron chi connectivity index (χ2n) is 2.46. The highest BCUT2D eigenvalue weighted by Gasteiger charge is 2.14. The van der Waals surface area contributed by atoms with E-state index < -0.39 is 0 Å². The van der Waals surface area contributed by atoms with Crippen molar-refractivity contribution in [2.75, 3.05) is 6.61 Å². The highest BCUT2D eigenvalue weighted by Crippen LogP contribution is 2.15. The van der Waals surface area contributed by atoms with Crippen molar-refractivity contribution >= 4 is 5.78 Å². The van der Waals surface area contributed by atoms with Gasteiger partial charge in [0, 0.05) is 12.0 Å². The van der Waals surface area contributed by atoms with Crippen LogP contribution in [0.4, 0.5) is 0 Å². The molecule has 0 aromatic heterocycles. The smallest absolute Gasteiger partial charge is 0.196 e. The van der Waals surface area contributed by atoms with E-state index in [2.05, 4.69) is 0 Å². The summed E-state index contributed by atoms with van der Waals surface area (Å²) in [4.78, 5) is 10.6. The van der Waals surface area contributed by atoms with Crippen LogP contribution in [0.15, 0.2) is 11.8 Å². The zero-order valence-corrected chi connectivity index (χ0v) is 5.68. The topological polar surface area (TPSA) is 26.3 Å². The van der Waals surface area contributed by atoms with Gasteiger partial charge in [0.1, 0.15) is 5.76 Å². The zero-order valence-electron chi connectivity index (χ0n) is 5.68. The van der Waals surface area contributed by atoms with E-state index >= 15 is 0 Å². The highest BCUT2D eigenvalue weighted by atomic mass is 16.5. The predicted octanol–water partition coefficient (Wildman–Crippen LogP) is 1.13. The molecule has 1 aliphatic heterocycles. The van der Waals surface area contributed by atoms with E-state index in [1.165, 1.54) is 0 Å². The van der Waals surface area contributed by atoms with E-state index in [0.29, 0.717) is 5.92 Å². The van der Waals surface area contributed by atoms with Crippen LogP contribution in [0.25, 0.3) is 0 Å². The summed E-state index contributed by atoms with van der Waals surface area (Å²) in [7, 11) is 0. The lowest BCUT2D eigenvalue weighted by molar-refractivity contribution is -0.115. The average Bonchev–Trinajstić information content (AvgIpc) is 2.14. The molecule has 0 spiro atoms. The van der Waals surface area contributed by atoms with Gasteiger partial charge in [0.2, 0.25) is 0 Å². The van der Waals surface area contributed by atoms with Gasteiger partial charge >= 0.3 is 0 Å². The van der Waals surface area contributed by atoms with E-state index in [9.17, 15) is 4.79 Å². The summed E-state index contributed by atoms with van der Waals surface area (Å²) in [5.41, 5.74) is 0. The molecule has 0 bridgehead atoms. The molecule has 0 aromatic carbocycles. The van der Waals surface area contributed by atoms with Gasteiger partial charge in [-0.05, 0) is 0 Å². The number of allylic oxidation sites excluding steroid dienone is 1. The molecule has 0 saturated heterocycles. The fourth-order valence-electron chi connectivity index (χ4n) is 0.730. The molecule has 1 heterocycles. The van der Waals surface area contributed by atoms with Gasteiger partial charge < -0.3 is 4.74 Å². The Labute approximate surface area is 54.5 Å². The van der Waals surface area contributed by atoms with Crippen LogP contribution in [0.3, 0.4) is 0 Å². The lowest BCUT2D eigenvalue weighted by Crippen LogP contribution is -1.95. The largest absolute Gasteiger partial charge is 0.489 e. The average molecular weight is 126 g/mol. The molecule has 0 aromatic rings. The molecule has 9 heavy (non-hydrogen) atoms. The Hall–Kier alpha value is -0.790. The third-order valence-electron chi connectivity index (χ3n) is 1.25. The van der Waals surface area contributed by atoms with Crippen molar-refractivity contribution in [3.63, 3.8) is 0 Å². The Morgan fingerprint density at radius 1 is 1.67 bits per heavy atom. The maximum Gasteiger partial charge on any atom is 0.196 e. The zero-order chi connectivity index (χ0) is 6.85. The third-order valence-corrected chi connectivity index (χ3v) is 1.25. The highest BCUT2D eigenvalue weighted by molar-refractivity contribution is 5.93. The summed E-state index contributed by atoms with van der Waals surface area (Å²) in [6, 6.07) is 0. The summed E-state index contributed by atoms with van der Waals surface area (Å²) < 4.78 is 5.04. The number of hydrogen-bond acceptors (Lipinski definition) is 2. The van der Waals surface area contributed by atoms with Gasteiger partial charge in [0.25, 0.3) is 0 Å². The molecule has 1 rings (SSSR count). The lowest BCUT2D eigenvalue weighted by atomic mass is 10.2. The second kappa shape index (κ2) is 2.21. The summed E-state index contributed by atoms with van der Waals surface area (Å²) in [5, 5.41) is 0. The van der Waals surface area contributed by atoms with Gasteiger partial charge in [-0.1, -0.05) is 13.8 Å². The molecule has 0 saturated carbocycles. The lowest BCUT2D eigenvalue weighted by Gasteiger charge is -2.03. The van der Waals surface area contributed by atoms with E-state index in [-0.39, 0.29) is 12.4 Å². The van der Waals surface area contributed by atoms with E-state index in [1.807, 2.05) is 13.8 Å². The third kappa shape index (κ3) is 1.31. The molecule has 0 amide bonds. The number of hydrogen-bond donors (Lipinski definition) is 0. The standard InChI is InChI=1S/C7H10O2/c1-5(2)7-3-6(8)4-9-7/h3,5H,4H2,1-2H3.